The highest BCUT2D eigenvalue weighted by Gasteiger charge is 2.10. The molecular formula is C9H16O. The standard InChI is InChI=1S/C9H16O/c1-8(6-7-10)9-4-2-3-5-9/h4,8,10H,2-3,5-7H2,1H3/t8-/m1/s1. The third-order valence-electron chi connectivity index (χ3n) is 2.27. The fraction of sp³-hybridized carbons (Fsp3) is 0.778. The first-order valence-corrected chi connectivity index (χ1v) is 4.14. The van der Waals surface area contributed by atoms with Crippen molar-refractivity contribution in [2.45, 2.75) is 32.6 Å². The fourth-order valence-corrected chi connectivity index (χ4v) is 1.52. The second-order valence-electron chi connectivity index (χ2n) is 3.08. The lowest BCUT2D eigenvalue weighted by molar-refractivity contribution is 0.270. The molecule has 0 aromatic heterocycles. The van der Waals surface area contributed by atoms with E-state index < -0.39 is 0 Å². The van der Waals surface area contributed by atoms with Crippen LogP contribution in [0.25, 0.3) is 0 Å². The molecule has 0 amide bonds. The Bertz CT molecular complexity index is 127. The molecular weight excluding hydrogens is 124 g/mol. The first-order chi connectivity index (χ1) is 4.84. The minimum Gasteiger partial charge on any atom is -0.396 e. The van der Waals surface area contributed by atoms with Crippen molar-refractivity contribution >= 4 is 0 Å². The van der Waals surface area contributed by atoms with E-state index in [4.69, 9.17) is 5.11 Å². The number of aliphatic hydroxyl groups excluding tert-OH is 1. The summed E-state index contributed by atoms with van der Waals surface area (Å²) in [4.78, 5) is 0. The topological polar surface area (TPSA) is 20.2 Å². The fourth-order valence-electron chi connectivity index (χ4n) is 1.52. The van der Waals surface area contributed by atoms with E-state index in [1.54, 1.807) is 5.57 Å². The summed E-state index contributed by atoms with van der Waals surface area (Å²) in [5, 5.41) is 8.67. The average molecular weight is 140 g/mol. The molecule has 0 aromatic carbocycles. The van der Waals surface area contributed by atoms with Crippen LogP contribution in [0.3, 0.4) is 0 Å². The minimum absolute atomic E-state index is 0.332. The lowest BCUT2D eigenvalue weighted by Crippen LogP contribution is -1.99. The van der Waals surface area contributed by atoms with Gasteiger partial charge in [-0.15, -0.1) is 0 Å². The van der Waals surface area contributed by atoms with Crippen LogP contribution in [0, 0.1) is 5.92 Å². The molecule has 1 aliphatic rings. The Hall–Kier alpha value is -0.300. The van der Waals surface area contributed by atoms with Crippen molar-refractivity contribution < 1.29 is 5.11 Å². The Morgan fingerprint density at radius 3 is 3.00 bits per heavy atom. The van der Waals surface area contributed by atoms with Gasteiger partial charge in [-0.25, -0.2) is 0 Å². The quantitative estimate of drug-likeness (QED) is 0.595. The molecule has 0 bridgehead atoms. The molecule has 1 nitrogen and oxygen atoms in total. The molecule has 0 heterocycles. The van der Waals surface area contributed by atoms with Gasteiger partial charge in [0.15, 0.2) is 0 Å². The maximum absolute atomic E-state index is 8.67. The van der Waals surface area contributed by atoms with E-state index in [0.717, 1.165) is 6.42 Å². The molecule has 1 N–H and O–H groups in total. The maximum Gasteiger partial charge on any atom is 0.0436 e. The highest BCUT2D eigenvalue weighted by molar-refractivity contribution is 5.10. The van der Waals surface area contributed by atoms with E-state index in [1.165, 1.54) is 19.3 Å². The Balaban J connectivity index is 2.32. The monoisotopic (exact) mass is 140 g/mol. The zero-order chi connectivity index (χ0) is 7.40. The van der Waals surface area contributed by atoms with Crippen molar-refractivity contribution in [2.24, 2.45) is 5.92 Å². The smallest absolute Gasteiger partial charge is 0.0436 e. The minimum atomic E-state index is 0.332. The van der Waals surface area contributed by atoms with Crippen molar-refractivity contribution in [3.63, 3.8) is 0 Å². The van der Waals surface area contributed by atoms with Crippen LogP contribution in [0.4, 0.5) is 0 Å². The van der Waals surface area contributed by atoms with E-state index in [2.05, 4.69) is 13.0 Å². The van der Waals surface area contributed by atoms with Crippen LogP contribution >= 0.6 is 0 Å². The molecule has 0 aliphatic heterocycles. The summed E-state index contributed by atoms with van der Waals surface area (Å²) >= 11 is 0. The van der Waals surface area contributed by atoms with E-state index in [1.807, 2.05) is 0 Å². The highest BCUT2D eigenvalue weighted by Crippen LogP contribution is 2.26. The zero-order valence-corrected chi connectivity index (χ0v) is 6.64. The normalized spacial score (nSPS) is 20.8. The van der Waals surface area contributed by atoms with Gasteiger partial charge in [-0.1, -0.05) is 18.6 Å². The Morgan fingerprint density at radius 2 is 2.50 bits per heavy atom. The van der Waals surface area contributed by atoms with Gasteiger partial charge in [-0.2, -0.15) is 0 Å². The summed E-state index contributed by atoms with van der Waals surface area (Å²) in [5.41, 5.74) is 1.56. The molecule has 1 heteroatoms. The van der Waals surface area contributed by atoms with Gasteiger partial charge in [-0.05, 0) is 31.6 Å². The molecule has 0 aromatic rings. The number of hydrogen-bond acceptors (Lipinski definition) is 1. The van der Waals surface area contributed by atoms with Crippen molar-refractivity contribution in [1.29, 1.82) is 0 Å². The molecule has 58 valence electrons. The van der Waals surface area contributed by atoms with Gasteiger partial charge in [0, 0.05) is 6.61 Å². The number of allylic oxidation sites excluding steroid dienone is 2. The second-order valence-corrected chi connectivity index (χ2v) is 3.08. The van der Waals surface area contributed by atoms with Crippen LogP contribution in [0.5, 0.6) is 0 Å². The van der Waals surface area contributed by atoms with Crippen LogP contribution in [0.1, 0.15) is 32.6 Å². The average Bonchev–Trinajstić information content (AvgIpc) is 2.38. The van der Waals surface area contributed by atoms with Crippen LogP contribution in [0.15, 0.2) is 11.6 Å². The van der Waals surface area contributed by atoms with E-state index >= 15 is 0 Å². The predicted octanol–water partition coefficient (Wildman–Crippen LogP) is 2.12. The zero-order valence-electron chi connectivity index (χ0n) is 6.64. The SMILES string of the molecule is C[C@H](CCO)C1=CCCC1. The first-order valence-electron chi connectivity index (χ1n) is 4.14. The summed E-state index contributed by atoms with van der Waals surface area (Å²) in [6.07, 6.45) is 7.11. The molecule has 1 rings (SSSR count). The van der Waals surface area contributed by atoms with E-state index in [0.29, 0.717) is 12.5 Å². The lowest BCUT2D eigenvalue weighted by atomic mass is 9.98. The number of aliphatic hydroxyl groups is 1. The molecule has 10 heavy (non-hydrogen) atoms. The summed E-state index contributed by atoms with van der Waals surface area (Å²) in [6.45, 7) is 2.53. The molecule has 0 unspecified atom stereocenters. The molecule has 1 aliphatic carbocycles. The highest BCUT2D eigenvalue weighted by atomic mass is 16.3. The predicted molar refractivity (Wildman–Crippen MR) is 42.8 cm³/mol. The van der Waals surface area contributed by atoms with Crippen molar-refractivity contribution in [3.05, 3.63) is 11.6 Å². The summed E-state index contributed by atoms with van der Waals surface area (Å²) in [6, 6.07) is 0. The molecule has 1 atom stereocenters. The van der Waals surface area contributed by atoms with Gasteiger partial charge in [0.05, 0.1) is 0 Å². The van der Waals surface area contributed by atoms with Gasteiger partial charge in [0.1, 0.15) is 0 Å². The van der Waals surface area contributed by atoms with Crippen LogP contribution in [0.2, 0.25) is 0 Å². The molecule has 0 saturated heterocycles. The van der Waals surface area contributed by atoms with E-state index in [-0.39, 0.29) is 0 Å². The second kappa shape index (κ2) is 3.77. The van der Waals surface area contributed by atoms with Gasteiger partial charge in [-0.3, -0.25) is 0 Å². The van der Waals surface area contributed by atoms with Crippen molar-refractivity contribution in [1.82, 2.24) is 0 Å². The third kappa shape index (κ3) is 1.84. The Morgan fingerprint density at radius 1 is 1.70 bits per heavy atom. The van der Waals surface area contributed by atoms with Gasteiger partial charge >= 0.3 is 0 Å². The van der Waals surface area contributed by atoms with E-state index in [9.17, 15) is 0 Å². The molecule has 0 saturated carbocycles. The van der Waals surface area contributed by atoms with Crippen molar-refractivity contribution in [3.8, 4) is 0 Å². The van der Waals surface area contributed by atoms with Gasteiger partial charge in [0.25, 0.3) is 0 Å². The first kappa shape index (κ1) is 7.80. The maximum atomic E-state index is 8.67. The summed E-state index contributed by atoms with van der Waals surface area (Å²) in [7, 11) is 0. The molecule has 0 spiro atoms. The summed E-state index contributed by atoms with van der Waals surface area (Å²) in [5.74, 6) is 0.618. The van der Waals surface area contributed by atoms with Crippen LogP contribution in [-0.2, 0) is 0 Å². The summed E-state index contributed by atoms with van der Waals surface area (Å²) < 4.78 is 0. The number of hydrogen-bond donors (Lipinski definition) is 1. The number of rotatable bonds is 3. The van der Waals surface area contributed by atoms with Crippen LogP contribution < -0.4 is 0 Å². The van der Waals surface area contributed by atoms with Gasteiger partial charge in [0.2, 0.25) is 0 Å². The Kier molecular flexibility index (Phi) is 2.94. The lowest BCUT2D eigenvalue weighted by Gasteiger charge is -2.09. The van der Waals surface area contributed by atoms with Crippen LogP contribution in [-0.4, -0.2) is 11.7 Å². The van der Waals surface area contributed by atoms with Crippen molar-refractivity contribution in [2.75, 3.05) is 6.61 Å². The Labute approximate surface area is 62.8 Å². The van der Waals surface area contributed by atoms with Gasteiger partial charge < -0.3 is 5.11 Å². The largest absolute Gasteiger partial charge is 0.396 e. The molecule has 0 fully saturated rings. The third-order valence-corrected chi connectivity index (χ3v) is 2.27. The molecule has 0 radical (unpaired) electrons.